The number of aryl methyl sites for hydroxylation is 2. The molecule has 32 heavy (non-hydrogen) atoms. The summed E-state index contributed by atoms with van der Waals surface area (Å²) in [7, 11) is -1.04. The number of aromatic nitrogens is 2. The van der Waals surface area contributed by atoms with Crippen molar-refractivity contribution in [2.45, 2.75) is 45.3 Å². The molecule has 1 fully saturated rings. The van der Waals surface area contributed by atoms with Gasteiger partial charge >= 0.3 is 0 Å². The van der Waals surface area contributed by atoms with Crippen LogP contribution in [0.15, 0.2) is 24.3 Å². The van der Waals surface area contributed by atoms with Crippen molar-refractivity contribution in [3.63, 3.8) is 0 Å². The Morgan fingerprint density at radius 1 is 1.25 bits per heavy atom. The smallest absolute Gasteiger partial charge is 0.221 e. The summed E-state index contributed by atoms with van der Waals surface area (Å²) in [6.45, 7) is 4.85. The van der Waals surface area contributed by atoms with Gasteiger partial charge < -0.3 is 15.0 Å². The van der Waals surface area contributed by atoms with Crippen LogP contribution in [0.25, 0.3) is 11.4 Å². The van der Waals surface area contributed by atoms with Crippen molar-refractivity contribution in [3.8, 4) is 17.1 Å². The first-order valence-electron chi connectivity index (χ1n) is 11.0. The van der Waals surface area contributed by atoms with Crippen LogP contribution in [0.1, 0.15) is 29.8 Å². The summed E-state index contributed by atoms with van der Waals surface area (Å²) in [5, 5.41) is 2.96. The number of benzene rings is 1. The van der Waals surface area contributed by atoms with E-state index in [9.17, 15) is 13.2 Å². The maximum absolute atomic E-state index is 12.4. The SMILES string of the molecule is Cc1cc(C)nc(-c2cccc3c2O[C@H](CNC(=O)CCN(C)[C@H]2CCS(=O)(=O)C2)C3)n1. The lowest BCUT2D eigenvalue weighted by Gasteiger charge is -2.22. The monoisotopic (exact) mass is 458 g/mol. The van der Waals surface area contributed by atoms with Gasteiger partial charge in [-0.3, -0.25) is 4.79 Å². The molecule has 1 N–H and O–H groups in total. The lowest BCUT2D eigenvalue weighted by molar-refractivity contribution is -0.121. The van der Waals surface area contributed by atoms with Crippen LogP contribution in [-0.4, -0.2) is 73.0 Å². The molecule has 2 aromatic rings. The van der Waals surface area contributed by atoms with Gasteiger partial charge in [0.1, 0.15) is 11.9 Å². The van der Waals surface area contributed by atoms with Crippen LogP contribution in [0.2, 0.25) is 0 Å². The van der Waals surface area contributed by atoms with Crippen LogP contribution in [0.3, 0.4) is 0 Å². The highest BCUT2D eigenvalue weighted by Gasteiger charge is 2.31. The first-order chi connectivity index (χ1) is 15.2. The fourth-order valence-electron chi connectivity index (χ4n) is 4.37. The molecule has 9 heteroatoms. The molecule has 1 aromatic carbocycles. The van der Waals surface area contributed by atoms with Crippen molar-refractivity contribution in [2.75, 3.05) is 31.6 Å². The zero-order valence-electron chi connectivity index (χ0n) is 18.8. The molecular weight excluding hydrogens is 428 g/mol. The number of rotatable bonds is 7. The van der Waals surface area contributed by atoms with Crippen molar-refractivity contribution >= 4 is 15.7 Å². The molecular formula is C23H30N4O4S. The average Bonchev–Trinajstić information content (AvgIpc) is 3.32. The molecule has 2 aliphatic heterocycles. The van der Waals surface area contributed by atoms with Crippen molar-refractivity contribution in [1.82, 2.24) is 20.2 Å². The van der Waals surface area contributed by atoms with E-state index < -0.39 is 9.84 Å². The summed E-state index contributed by atoms with van der Waals surface area (Å²) < 4.78 is 29.5. The number of para-hydroxylation sites is 1. The summed E-state index contributed by atoms with van der Waals surface area (Å²) in [5.74, 6) is 1.81. The zero-order valence-corrected chi connectivity index (χ0v) is 19.6. The van der Waals surface area contributed by atoms with E-state index in [1.54, 1.807) is 0 Å². The Bertz CT molecular complexity index is 1100. The van der Waals surface area contributed by atoms with E-state index >= 15 is 0 Å². The third kappa shape index (κ3) is 5.27. The molecule has 0 spiro atoms. The summed E-state index contributed by atoms with van der Waals surface area (Å²) in [4.78, 5) is 23.4. The number of nitrogens with zero attached hydrogens (tertiary/aromatic N) is 3. The highest BCUT2D eigenvalue weighted by atomic mass is 32.2. The van der Waals surface area contributed by atoms with Gasteiger partial charge in [0.25, 0.3) is 0 Å². The molecule has 172 valence electrons. The third-order valence-electron chi connectivity index (χ3n) is 6.10. The predicted octanol–water partition coefficient (Wildman–Crippen LogP) is 1.69. The van der Waals surface area contributed by atoms with E-state index in [1.165, 1.54) is 0 Å². The van der Waals surface area contributed by atoms with Gasteiger partial charge in [-0.25, -0.2) is 18.4 Å². The second-order valence-corrected chi connectivity index (χ2v) is 11.0. The molecule has 0 aliphatic carbocycles. The van der Waals surface area contributed by atoms with Crippen molar-refractivity contribution in [1.29, 1.82) is 0 Å². The normalized spacial score (nSPS) is 21.4. The predicted molar refractivity (Wildman–Crippen MR) is 122 cm³/mol. The van der Waals surface area contributed by atoms with E-state index in [0.717, 1.165) is 28.3 Å². The van der Waals surface area contributed by atoms with Crippen LogP contribution >= 0.6 is 0 Å². The van der Waals surface area contributed by atoms with Gasteiger partial charge in [0.05, 0.1) is 23.6 Å². The number of fused-ring (bicyclic) bond motifs is 1. The molecule has 0 bridgehead atoms. The molecule has 3 heterocycles. The van der Waals surface area contributed by atoms with Crippen LogP contribution in [0.4, 0.5) is 0 Å². The lowest BCUT2D eigenvalue weighted by atomic mass is 10.1. The maximum Gasteiger partial charge on any atom is 0.221 e. The van der Waals surface area contributed by atoms with E-state index in [0.29, 0.717) is 38.2 Å². The standard InChI is InChI=1S/C23H30N4O4S/c1-15-11-16(2)26-23(25-15)20-6-4-5-17-12-19(31-22(17)20)13-24-21(28)7-9-27(3)18-8-10-32(29,30)14-18/h4-6,11,18-19H,7-10,12-14H2,1-3H3,(H,24,28)/t18-,19-/m0/s1. The minimum Gasteiger partial charge on any atom is -0.487 e. The molecule has 2 aliphatic rings. The van der Waals surface area contributed by atoms with Crippen LogP contribution in [-0.2, 0) is 21.1 Å². The van der Waals surface area contributed by atoms with Gasteiger partial charge in [-0.15, -0.1) is 0 Å². The quantitative estimate of drug-likeness (QED) is 0.674. The minimum atomic E-state index is -2.92. The van der Waals surface area contributed by atoms with Gasteiger partial charge in [0, 0.05) is 36.8 Å². The average molecular weight is 459 g/mol. The molecule has 0 unspecified atom stereocenters. The highest BCUT2D eigenvalue weighted by Crippen LogP contribution is 2.37. The highest BCUT2D eigenvalue weighted by molar-refractivity contribution is 7.91. The van der Waals surface area contributed by atoms with E-state index in [4.69, 9.17) is 4.74 Å². The third-order valence-corrected chi connectivity index (χ3v) is 7.85. The Morgan fingerprint density at radius 3 is 2.69 bits per heavy atom. The topological polar surface area (TPSA) is 101 Å². The van der Waals surface area contributed by atoms with Crippen LogP contribution in [0, 0.1) is 13.8 Å². The van der Waals surface area contributed by atoms with Gasteiger partial charge in [0.2, 0.25) is 5.91 Å². The Kier molecular flexibility index (Phi) is 6.48. The molecule has 0 saturated carbocycles. The van der Waals surface area contributed by atoms with Gasteiger partial charge in [-0.2, -0.15) is 0 Å². The number of carbonyl (C=O) groups is 1. The Hall–Kier alpha value is -2.52. The number of carbonyl (C=O) groups excluding carboxylic acids is 1. The van der Waals surface area contributed by atoms with Crippen molar-refractivity contribution in [3.05, 3.63) is 41.2 Å². The maximum atomic E-state index is 12.4. The number of sulfone groups is 1. The number of hydrogen-bond donors (Lipinski definition) is 1. The summed E-state index contributed by atoms with van der Waals surface area (Å²) in [6.07, 6.45) is 1.54. The van der Waals surface area contributed by atoms with Crippen molar-refractivity contribution in [2.24, 2.45) is 0 Å². The zero-order chi connectivity index (χ0) is 22.9. The number of hydrogen-bond acceptors (Lipinski definition) is 7. The second kappa shape index (κ2) is 9.15. The number of ether oxygens (including phenoxy) is 1. The van der Waals surface area contributed by atoms with Gasteiger partial charge in [0.15, 0.2) is 15.7 Å². The first kappa shape index (κ1) is 22.7. The van der Waals surface area contributed by atoms with E-state index in [-0.39, 0.29) is 29.6 Å². The molecule has 1 aromatic heterocycles. The fourth-order valence-corrected chi connectivity index (χ4v) is 6.18. The molecule has 1 amide bonds. The van der Waals surface area contributed by atoms with E-state index in [1.807, 2.05) is 50.1 Å². The summed E-state index contributed by atoms with van der Waals surface area (Å²) in [6, 6.07) is 7.93. The molecule has 1 saturated heterocycles. The largest absolute Gasteiger partial charge is 0.487 e. The number of nitrogens with one attached hydrogen (secondary N) is 1. The summed E-state index contributed by atoms with van der Waals surface area (Å²) in [5.41, 5.74) is 3.78. The van der Waals surface area contributed by atoms with E-state index in [2.05, 4.69) is 15.3 Å². The van der Waals surface area contributed by atoms with Gasteiger partial charge in [-0.05, 0) is 45.0 Å². The Labute approximate surface area is 189 Å². The fraction of sp³-hybridized carbons (Fsp3) is 0.522. The molecule has 4 rings (SSSR count). The van der Waals surface area contributed by atoms with Gasteiger partial charge in [-0.1, -0.05) is 12.1 Å². The summed E-state index contributed by atoms with van der Waals surface area (Å²) >= 11 is 0. The molecule has 8 nitrogen and oxygen atoms in total. The van der Waals surface area contributed by atoms with Crippen LogP contribution in [0.5, 0.6) is 5.75 Å². The lowest BCUT2D eigenvalue weighted by Crippen LogP contribution is -2.38. The Balaban J connectivity index is 1.30. The minimum absolute atomic E-state index is 0.00589. The molecule has 2 atom stereocenters. The second-order valence-electron chi connectivity index (χ2n) is 8.80. The molecule has 0 radical (unpaired) electrons. The number of amides is 1. The van der Waals surface area contributed by atoms with Crippen LogP contribution < -0.4 is 10.1 Å². The Morgan fingerprint density at radius 2 is 2.00 bits per heavy atom. The van der Waals surface area contributed by atoms with Crippen molar-refractivity contribution < 1.29 is 17.9 Å². The first-order valence-corrected chi connectivity index (χ1v) is 12.8.